The van der Waals surface area contributed by atoms with Crippen LogP contribution >= 0.6 is 0 Å². The van der Waals surface area contributed by atoms with E-state index in [9.17, 15) is 5.26 Å². The number of aromatic nitrogens is 3. The third kappa shape index (κ3) is 2.64. The van der Waals surface area contributed by atoms with Crippen molar-refractivity contribution in [2.24, 2.45) is 0 Å². The number of terminal acetylenes is 1. The van der Waals surface area contributed by atoms with Crippen molar-refractivity contribution in [1.29, 1.82) is 5.26 Å². The molecule has 0 fully saturated rings. The number of fused-ring (bicyclic) bond motifs is 2. The van der Waals surface area contributed by atoms with Gasteiger partial charge in [0.2, 0.25) is 0 Å². The van der Waals surface area contributed by atoms with Crippen molar-refractivity contribution in [3.05, 3.63) is 65.6 Å². The highest BCUT2D eigenvalue weighted by atomic mass is 14.9. The Morgan fingerprint density at radius 1 is 1.31 bits per heavy atom. The first kappa shape index (κ1) is 15.7. The van der Waals surface area contributed by atoms with Crippen LogP contribution in [-0.2, 0) is 6.54 Å². The number of H-pyrrole nitrogens is 1. The summed E-state index contributed by atoms with van der Waals surface area (Å²) in [6.07, 6.45) is 9.32. The van der Waals surface area contributed by atoms with Gasteiger partial charge in [0.15, 0.2) is 0 Å². The summed E-state index contributed by atoms with van der Waals surface area (Å²) in [7, 11) is 0. The van der Waals surface area contributed by atoms with Crippen molar-refractivity contribution in [1.82, 2.24) is 14.5 Å². The van der Waals surface area contributed by atoms with Crippen LogP contribution in [0.2, 0.25) is 0 Å². The highest BCUT2D eigenvalue weighted by molar-refractivity contribution is 5.98. The van der Waals surface area contributed by atoms with Crippen LogP contribution in [0.1, 0.15) is 17.0 Å². The van der Waals surface area contributed by atoms with Gasteiger partial charge >= 0.3 is 0 Å². The molecule has 4 heteroatoms. The zero-order valence-electron chi connectivity index (χ0n) is 14.3. The summed E-state index contributed by atoms with van der Waals surface area (Å²) < 4.78 is 2.01. The third-order valence-electron chi connectivity index (χ3n) is 4.39. The van der Waals surface area contributed by atoms with Gasteiger partial charge < -0.3 is 9.55 Å². The summed E-state index contributed by atoms with van der Waals surface area (Å²) in [4.78, 5) is 7.81. The molecule has 2 heterocycles. The second-order valence-corrected chi connectivity index (χ2v) is 6.21. The second kappa shape index (κ2) is 6.27. The van der Waals surface area contributed by atoms with Crippen LogP contribution in [0, 0.1) is 30.6 Å². The van der Waals surface area contributed by atoms with Crippen LogP contribution in [0.15, 0.2) is 48.7 Å². The fourth-order valence-corrected chi connectivity index (χ4v) is 3.18. The van der Waals surface area contributed by atoms with Crippen LogP contribution in [0.4, 0.5) is 0 Å². The topological polar surface area (TPSA) is 57.4 Å². The summed E-state index contributed by atoms with van der Waals surface area (Å²) >= 11 is 0. The van der Waals surface area contributed by atoms with E-state index < -0.39 is 0 Å². The monoisotopic (exact) mass is 336 g/mol. The summed E-state index contributed by atoms with van der Waals surface area (Å²) in [5, 5.41) is 10.7. The van der Waals surface area contributed by atoms with Crippen LogP contribution in [-0.4, -0.2) is 14.5 Å². The molecule has 4 rings (SSSR count). The maximum atomic E-state index is 9.69. The van der Waals surface area contributed by atoms with E-state index in [0.717, 1.165) is 33.1 Å². The lowest BCUT2D eigenvalue weighted by Gasteiger charge is -1.97. The minimum absolute atomic E-state index is 0.486. The molecule has 124 valence electrons. The first-order valence-corrected chi connectivity index (χ1v) is 8.29. The maximum absolute atomic E-state index is 9.69. The summed E-state index contributed by atoms with van der Waals surface area (Å²) in [5.41, 5.74) is 5.41. The smallest absolute Gasteiger partial charge is 0.149 e. The first-order valence-electron chi connectivity index (χ1n) is 8.29. The van der Waals surface area contributed by atoms with Crippen LogP contribution < -0.4 is 0 Å². The second-order valence-electron chi connectivity index (χ2n) is 6.21. The molecule has 2 aromatic heterocycles. The Labute approximate surface area is 151 Å². The van der Waals surface area contributed by atoms with Gasteiger partial charge in [-0.3, -0.25) is 0 Å². The van der Waals surface area contributed by atoms with Gasteiger partial charge in [0.25, 0.3) is 0 Å². The molecule has 0 aliphatic rings. The van der Waals surface area contributed by atoms with E-state index in [0.29, 0.717) is 17.9 Å². The Bertz CT molecular complexity index is 1240. The van der Waals surface area contributed by atoms with Crippen molar-refractivity contribution in [3.8, 4) is 18.4 Å². The van der Waals surface area contributed by atoms with Gasteiger partial charge in [0, 0.05) is 22.7 Å². The molecule has 0 aliphatic heterocycles. The molecular formula is C22H16N4. The Kier molecular flexibility index (Phi) is 3.80. The molecule has 0 radical (unpaired) electrons. The van der Waals surface area contributed by atoms with Crippen molar-refractivity contribution in [3.63, 3.8) is 0 Å². The number of nitrogens with one attached hydrogen (secondary N) is 1. The van der Waals surface area contributed by atoms with Gasteiger partial charge in [0.1, 0.15) is 11.9 Å². The molecule has 0 unspecified atom stereocenters. The minimum Gasteiger partial charge on any atom is -0.337 e. The molecule has 0 bridgehead atoms. The Morgan fingerprint density at radius 3 is 2.96 bits per heavy atom. The molecular weight excluding hydrogens is 320 g/mol. The van der Waals surface area contributed by atoms with Gasteiger partial charge in [-0.25, -0.2) is 4.98 Å². The quantitative estimate of drug-likeness (QED) is 0.441. The molecule has 1 N–H and O–H groups in total. The summed E-state index contributed by atoms with van der Waals surface area (Å²) in [6.45, 7) is 2.52. The normalized spacial score (nSPS) is 11.6. The Hall–Kier alpha value is -3.76. The number of rotatable bonds is 3. The van der Waals surface area contributed by atoms with E-state index in [4.69, 9.17) is 6.42 Å². The Balaban J connectivity index is 1.86. The first-order chi connectivity index (χ1) is 12.7. The summed E-state index contributed by atoms with van der Waals surface area (Å²) in [6, 6.07) is 16.3. The van der Waals surface area contributed by atoms with E-state index in [1.807, 2.05) is 66.2 Å². The highest BCUT2D eigenvalue weighted by Crippen LogP contribution is 2.26. The van der Waals surface area contributed by atoms with E-state index in [1.165, 1.54) is 0 Å². The molecule has 4 nitrogen and oxygen atoms in total. The molecule has 0 spiro atoms. The number of benzene rings is 2. The van der Waals surface area contributed by atoms with E-state index >= 15 is 0 Å². The lowest BCUT2D eigenvalue weighted by atomic mass is 10.1. The Morgan fingerprint density at radius 2 is 2.15 bits per heavy atom. The number of hydrogen-bond acceptors (Lipinski definition) is 2. The number of hydrogen-bond donors (Lipinski definition) is 1. The van der Waals surface area contributed by atoms with Crippen LogP contribution in [0.25, 0.3) is 33.6 Å². The largest absolute Gasteiger partial charge is 0.337 e. The van der Waals surface area contributed by atoms with Gasteiger partial charge in [0.05, 0.1) is 23.2 Å². The number of aromatic amines is 1. The van der Waals surface area contributed by atoms with Crippen molar-refractivity contribution < 1.29 is 0 Å². The average molecular weight is 336 g/mol. The molecule has 0 saturated heterocycles. The number of imidazole rings is 1. The average Bonchev–Trinajstić information content (AvgIpc) is 3.21. The molecule has 4 aromatic rings. The predicted molar refractivity (Wildman–Crippen MR) is 105 cm³/mol. The number of allylic oxidation sites excluding steroid dienone is 1. The predicted octanol–water partition coefficient (Wildman–Crippen LogP) is 4.52. The van der Waals surface area contributed by atoms with Crippen molar-refractivity contribution in [2.75, 3.05) is 0 Å². The lowest BCUT2D eigenvalue weighted by Crippen LogP contribution is -1.91. The van der Waals surface area contributed by atoms with E-state index in [2.05, 4.69) is 22.0 Å². The number of nitriles is 1. The zero-order chi connectivity index (χ0) is 18.1. The van der Waals surface area contributed by atoms with Crippen LogP contribution in [0.5, 0.6) is 0 Å². The molecule has 0 atom stereocenters. The lowest BCUT2D eigenvalue weighted by molar-refractivity contribution is 0.885. The zero-order valence-corrected chi connectivity index (χ0v) is 14.3. The third-order valence-corrected chi connectivity index (χ3v) is 4.39. The standard InChI is InChI=1S/C22H16N4/c1-3-10-26-14-17(18-6-4-5-7-21(18)26)12-16(13-23)22-24-19-9-8-15(2)11-20(19)25-22/h1,4-9,11-12,14H,10H2,2H3,(H,24,25). The van der Waals surface area contributed by atoms with Gasteiger partial charge in [-0.2, -0.15) is 5.26 Å². The van der Waals surface area contributed by atoms with E-state index in [1.54, 1.807) is 0 Å². The SMILES string of the molecule is C#CCn1cc(C=C(C#N)c2nc3ccc(C)cc3[nH]2)c2ccccc21. The molecule has 0 saturated carbocycles. The fraction of sp³-hybridized carbons (Fsp3) is 0.0909. The maximum Gasteiger partial charge on any atom is 0.149 e. The number of aryl methyl sites for hydroxylation is 1. The molecule has 26 heavy (non-hydrogen) atoms. The summed E-state index contributed by atoms with van der Waals surface area (Å²) in [5.74, 6) is 3.24. The number of nitrogens with zero attached hydrogens (tertiary/aromatic N) is 3. The molecule has 0 amide bonds. The van der Waals surface area contributed by atoms with Gasteiger partial charge in [-0.15, -0.1) is 6.42 Å². The molecule has 0 aliphatic carbocycles. The highest BCUT2D eigenvalue weighted by Gasteiger charge is 2.11. The van der Waals surface area contributed by atoms with Gasteiger partial charge in [-0.05, 0) is 36.8 Å². The van der Waals surface area contributed by atoms with Crippen LogP contribution in [0.3, 0.4) is 0 Å². The van der Waals surface area contributed by atoms with E-state index in [-0.39, 0.29) is 0 Å². The van der Waals surface area contributed by atoms with Crippen molar-refractivity contribution in [2.45, 2.75) is 13.5 Å². The minimum atomic E-state index is 0.486. The molecule has 2 aromatic carbocycles. The van der Waals surface area contributed by atoms with Crippen molar-refractivity contribution >= 4 is 33.6 Å². The number of para-hydroxylation sites is 1. The fourth-order valence-electron chi connectivity index (χ4n) is 3.18. The van der Waals surface area contributed by atoms with Gasteiger partial charge in [-0.1, -0.05) is 30.2 Å².